The summed E-state index contributed by atoms with van der Waals surface area (Å²) in [7, 11) is 0. The fraction of sp³-hybridized carbons (Fsp3) is 0.0625. The topological polar surface area (TPSA) is 71.4 Å². The molecule has 0 heterocycles. The first kappa shape index (κ1) is 16.3. The largest absolute Gasteiger partial charge is 0.480 e. The average Bonchev–Trinajstić information content (AvgIpc) is 2.55. The molecular weight excluding hydrogens is 320 g/mol. The van der Waals surface area contributed by atoms with E-state index in [9.17, 15) is 19.5 Å². The summed E-state index contributed by atoms with van der Waals surface area (Å²) in [5.74, 6) is -1.21. The van der Waals surface area contributed by atoms with Crippen LogP contribution in [0.3, 0.4) is 0 Å². The molecule has 2 aromatic carbocycles. The van der Waals surface area contributed by atoms with Crippen molar-refractivity contribution in [2.45, 2.75) is 4.58 Å². The molecule has 6 heteroatoms. The van der Waals surface area contributed by atoms with Gasteiger partial charge in [0.2, 0.25) is 10.2 Å². The maximum Gasteiger partial charge on any atom is 0.327 e. The molecule has 0 amide bonds. The summed E-state index contributed by atoms with van der Waals surface area (Å²) in [4.78, 5) is 35.4. The second-order valence-electron chi connectivity index (χ2n) is 4.21. The van der Waals surface area contributed by atoms with Crippen LogP contribution in [0.4, 0.5) is 0 Å². The third-order valence-electron chi connectivity index (χ3n) is 2.65. The zero-order chi connectivity index (χ0) is 15.9. The van der Waals surface area contributed by atoms with Gasteiger partial charge in [0.05, 0.1) is 0 Å². The molecule has 0 saturated carbocycles. The molecular formula is C16H12O4S2. The number of carbonyl (C=O) groups is 3. The number of hydrogen-bond donors (Lipinski definition) is 1. The van der Waals surface area contributed by atoms with Gasteiger partial charge in [-0.2, -0.15) is 0 Å². The maximum absolute atomic E-state index is 12.1. The monoisotopic (exact) mass is 332 g/mol. The smallest absolute Gasteiger partial charge is 0.327 e. The van der Waals surface area contributed by atoms with E-state index in [4.69, 9.17) is 0 Å². The number of carboxylic acid groups (broad SMARTS) is 1. The molecule has 0 spiro atoms. The first-order valence-electron chi connectivity index (χ1n) is 6.33. The Hall–Kier alpha value is -2.05. The molecule has 0 unspecified atom stereocenters. The van der Waals surface area contributed by atoms with Crippen LogP contribution in [0.5, 0.6) is 0 Å². The van der Waals surface area contributed by atoms with Crippen LogP contribution < -0.4 is 0 Å². The standard InChI is InChI=1S/C16H12O4S2/c17-13(18)16(21-14(19)11-7-3-1-4-8-11)22-15(20)12-9-5-2-6-10-12/h1-10,16H,(H,17,18). The quantitative estimate of drug-likeness (QED) is 0.844. The number of rotatable bonds is 5. The second-order valence-corrected chi connectivity index (χ2v) is 6.67. The van der Waals surface area contributed by atoms with Crippen molar-refractivity contribution < 1.29 is 19.5 Å². The van der Waals surface area contributed by atoms with Gasteiger partial charge in [-0.3, -0.25) is 14.4 Å². The molecule has 0 bridgehead atoms. The molecule has 2 aromatic rings. The predicted octanol–water partition coefficient (Wildman–Crippen LogP) is 3.54. The van der Waals surface area contributed by atoms with E-state index < -0.39 is 10.6 Å². The Kier molecular flexibility index (Phi) is 5.80. The summed E-state index contributed by atoms with van der Waals surface area (Å²) < 4.78 is -1.18. The van der Waals surface area contributed by atoms with Crippen LogP contribution in [0.2, 0.25) is 0 Å². The highest BCUT2D eigenvalue weighted by Crippen LogP contribution is 2.29. The lowest BCUT2D eigenvalue weighted by molar-refractivity contribution is -0.134. The minimum absolute atomic E-state index is 0.374. The number of thioether (sulfide) groups is 2. The van der Waals surface area contributed by atoms with Crippen LogP contribution >= 0.6 is 23.5 Å². The van der Waals surface area contributed by atoms with E-state index in [0.717, 1.165) is 0 Å². The number of aliphatic carboxylic acids is 1. The van der Waals surface area contributed by atoms with Gasteiger partial charge in [-0.25, -0.2) is 0 Å². The Morgan fingerprint density at radius 1 is 0.727 bits per heavy atom. The average molecular weight is 332 g/mol. The van der Waals surface area contributed by atoms with E-state index in [1.165, 1.54) is 0 Å². The second kappa shape index (κ2) is 7.82. The number of benzene rings is 2. The number of hydrogen-bond acceptors (Lipinski definition) is 5. The van der Waals surface area contributed by atoms with E-state index in [0.29, 0.717) is 34.7 Å². The van der Waals surface area contributed by atoms with Gasteiger partial charge in [0.25, 0.3) is 0 Å². The Balaban J connectivity index is 2.06. The highest BCUT2D eigenvalue weighted by atomic mass is 32.2. The van der Waals surface area contributed by atoms with Gasteiger partial charge in [-0.1, -0.05) is 84.2 Å². The number of carboxylic acids is 1. The molecule has 1 N–H and O–H groups in total. The lowest BCUT2D eigenvalue weighted by atomic mass is 10.2. The molecule has 4 nitrogen and oxygen atoms in total. The summed E-state index contributed by atoms with van der Waals surface area (Å²) in [5, 5.41) is 8.47. The first-order valence-corrected chi connectivity index (χ1v) is 8.08. The van der Waals surface area contributed by atoms with E-state index in [-0.39, 0.29) is 10.2 Å². The highest BCUT2D eigenvalue weighted by Gasteiger charge is 2.27. The van der Waals surface area contributed by atoms with Crippen LogP contribution in [0.25, 0.3) is 0 Å². The summed E-state index contributed by atoms with van der Waals surface area (Å²) in [5.41, 5.74) is 0.818. The van der Waals surface area contributed by atoms with Crippen LogP contribution in [0.1, 0.15) is 20.7 Å². The fourth-order valence-electron chi connectivity index (χ4n) is 1.60. The number of carbonyl (C=O) groups excluding carboxylic acids is 2. The maximum atomic E-state index is 12.1. The van der Waals surface area contributed by atoms with E-state index in [1.807, 2.05) is 0 Å². The van der Waals surface area contributed by atoms with Gasteiger partial charge in [0.15, 0.2) is 4.58 Å². The van der Waals surface area contributed by atoms with Crippen molar-refractivity contribution >= 4 is 39.7 Å². The van der Waals surface area contributed by atoms with Crippen LogP contribution in [-0.4, -0.2) is 25.9 Å². The Morgan fingerprint density at radius 2 is 1.09 bits per heavy atom. The van der Waals surface area contributed by atoms with E-state index in [1.54, 1.807) is 60.7 Å². The molecule has 0 aliphatic heterocycles. The molecule has 0 fully saturated rings. The van der Waals surface area contributed by atoms with E-state index in [2.05, 4.69) is 0 Å². The SMILES string of the molecule is O=C(SC(SC(=O)c1ccccc1)C(=O)O)c1ccccc1. The summed E-state index contributed by atoms with van der Waals surface area (Å²) >= 11 is 1.27. The zero-order valence-corrected chi connectivity index (χ0v) is 13.0. The first-order chi connectivity index (χ1) is 10.6. The molecule has 0 aromatic heterocycles. The molecule has 22 heavy (non-hydrogen) atoms. The lowest BCUT2D eigenvalue weighted by Crippen LogP contribution is -2.17. The summed E-state index contributed by atoms with van der Waals surface area (Å²) in [6.07, 6.45) is 0. The van der Waals surface area contributed by atoms with Gasteiger partial charge in [-0.15, -0.1) is 0 Å². The van der Waals surface area contributed by atoms with Crippen LogP contribution in [0, 0.1) is 0 Å². The zero-order valence-electron chi connectivity index (χ0n) is 11.3. The van der Waals surface area contributed by atoms with Crippen molar-refractivity contribution in [2.75, 3.05) is 0 Å². The van der Waals surface area contributed by atoms with Crippen molar-refractivity contribution in [2.24, 2.45) is 0 Å². The van der Waals surface area contributed by atoms with Gasteiger partial charge >= 0.3 is 5.97 Å². The third kappa shape index (κ3) is 4.47. The molecule has 2 rings (SSSR count). The minimum Gasteiger partial charge on any atom is -0.480 e. The molecule has 0 aliphatic carbocycles. The fourth-order valence-corrected chi connectivity index (χ4v) is 3.46. The normalized spacial score (nSPS) is 10.4. The van der Waals surface area contributed by atoms with E-state index >= 15 is 0 Å². The molecule has 112 valence electrons. The summed E-state index contributed by atoms with van der Waals surface area (Å²) in [6.45, 7) is 0. The van der Waals surface area contributed by atoms with Crippen molar-refractivity contribution in [3.8, 4) is 0 Å². The molecule has 0 aliphatic rings. The molecule has 0 atom stereocenters. The minimum atomic E-state index is -1.21. The molecule has 0 saturated heterocycles. The highest BCUT2D eigenvalue weighted by molar-refractivity contribution is 8.31. The van der Waals surface area contributed by atoms with Gasteiger partial charge in [-0.05, 0) is 0 Å². The van der Waals surface area contributed by atoms with Gasteiger partial charge < -0.3 is 5.11 Å². The van der Waals surface area contributed by atoms with Crippen molar-refractivity contribution in [1.82, 2.24) is 0 Å². The predicted molar refractivity (Wildman–Crippen MR) is 88.2 cm³/mol. The van der Waals surface area contributed by atoms with Crippen LogP contribution in [-0.2, 0) is 4.79 Å². The van der Waals surface area contributed by atoms with Crippen LogP contribution in [0.15, 0.2) is 60.7 Å². The Labute approximate surface area is 135 Å². The third-order valence-corrected chi connectivity index (χ3v) is 4.96. The van der Waals surface area contributed by atoms with Gasteiger partial charge in [0, 0.05) is 11.1 Å². The molecule has 0 radical (unpaired) electrons. The Bertz CT molecular complexity index is 618. The van der Waals surface area contributed by atoms with Crippen molar-refractivity contribution in [3.05, 3.63) is 71.8 Å². The van der Waals surface area contributed by atoms with Gasteiger partial charge in [0.1, 0.15) is 0 Å². The van der Waals surface area contributed by atoms with Crippen molar-refractivity contribution in [1.29, 1.82) is 0 Å². The summed E-state index contributed by atoms with van der Waals surface area (Å²) in [6, 6.07) is 16.8. The van der Waals surface area contributed by atoms with Crippen molar-refractivity contribution in [3.63, 3.8) is 0 Å². The lowest BCUT2D eigenvalue weighted by Gasteiger charge is -2.10. The Morgan fingerprint density at radius 3 is 1.41 bits per heavy atom.